The van der Waals surface area contributed by atoms with Crippen molar-refractivity contribution in [2.45, 2.75) is 46.4 Å². The molecule has 0 aliphatic rings. The number of aryl methyl sites for hydroxylation is 2. The molecule has 0 aliphatic heterocycles. The van der Waals surface area contributed by atoms with Gasteiger partial charge >= 0.3 is 5.97 Å². The zero-order valence-electron chi connectivity index (χ0n) is 15.6. The van der Waals surface area contributed by atoms with Gasteiger partial charge in [0.1, 0.15) is 5.75 Å². The van der Waals surface area contributed by atoms with Crippen LogP contribution >= 0.6 is 0 Å². The van der Waals surface area contributed by atoms with Crippen LogP contribution in [0.15, 0.2) is 48.5 Å². The van der Waals surface area contributed by atoms with E-state index >= 15 is 0 Å². The highest BCUT2D eigenvalue weighted by atomic mass is 16.6. The second-order valence-corrected chi connectivity index (χ2v) is 6.36. The Balaban J connectivity index is 1.81. The first-order chi connectivity index (χ1) is 12.3. The molecule has 0 unspecified atom stereocenters. The molecule has 2 aromatic carbocycles. The van der Waals surface area contributed by atoms with Gasteiger partial charge in [-0.1, -0.05) is 42.0 Å². The van der Waals surface area contributed by atoms with Crippen LogP contribution in [0.1, 0.15) is 30.5 Å². The van der Waals surface area contributed by atoms with E-state index in [4.69, 9.17) is 9.47 Å². The minimum atomic E-state index is -0.892. The third kappa shape index (κ3) is 5.92. The number of hydrogen-bond acceptors (Lipinski definition) is 4. The smallest absolute Gasteiger partial charge is 0.347 e. The largest absolute Gasteiger partial charge is 0.479 e. The van der Waals surface area contributed by atoms with E-state index in [-0.39, 0.29) is 5.91 Å². The molecule has 5 nitrogen and oxygen atoms in total. The number of nitrogens with one attached hydrogen (secondary N) is 1. The van der Waals surface area contributed by atoms with E-state index in [2.05, 4.69) is 5.32 Å². The zero-order chi connectivity index (χ0) is 19.1. The predicted octanol–water partition coefficient (Wildman–Crippen LogP) is 3.32. The number of ether oxygens (including phenoxy) is 2. The SMILES string of the molecule is Cc1ccc(CNC(=O)[C@@H](C)OC(=O)[C@@H](C)Oc2cccc(C)c2)cc1. The van der Waals surface area contributed by atoms with Gasteiger partial charge in [0.2, 0.25) is 0 Å². The van der Waals surface area contributed by atoms with Gasteiger partial charge in [-0.05, 0) is 51.0 Å². The summed E-state index contributed by atoms with van der Waals surface area (Å²) in [7, 11) is 0. The van der Waals surface area contributed by atoms with Crippen molar-refractivity contribution in [1.82, 2.24) is 5.32 Å². The lowest BCUT2D eigenvalue weighted by molar-refractivity contribution is -0.160. The standard InChI is InChI=1S/C21H25NO4/c1-14-8-10-18(11-9-14)13-22-20(23)16(3)26-21(24)17(4)25-19-7-5-6-15(2)12-19/h5-12,16-17H,13H2,1-4H3,(H,22,23)/t16-,17-/m1/s1. The number of rotatable bonds is 7. The fourth-order valence-corrected chi connectivity index (χ4v) is 2.30. The molecule has 0 aliphatic carbocycles. The van der Waals surface area contributed by atoms with E-state index in [0.717, 1.165) is 16.7 Å². The summed E-state index contributed by atoms with van der Waals surface area (Å²) in [5.41, 5.74) is 3.18. The first kappa shape index (κ1) is 19.5. The van der Waals surface area contributed by atoms with Crippen molar-refractivity contribution in [2.24, 2.45) is 0 Å². The average molecular weight is 355 g/mol. The molecular weight excluding hydrogens is 330 g/mol. The topological polar surface area (TPSA) is 64.6 Å². The molecule has 138 valence electrons. The van der Waals surface area contributed by atoms with Crippen LogP contribution in [0, 0.1) is 13.8 Å². The van der Waals surface area contributed by atoms with Crippen molar-refractivity contribution >= 4 is 11.9 Å². The first-order valence-corrected chi connectivity index (χ1v) is 8.62. The highest BCUT2D eigenvalue weighted by molar-refractivity contribution is 5.84. The van der Waals surface area contributed by atoms with Crippen molar-refractivity contribution in [3.8, 4) is 5.75 Å². The summed E-state index contributed by atoms with van der Waals surface area (Å²) in [6.07, 6.45) is -1.69. The first-order valence-electron chi connectivity index (χ1n) is 8.62. The number of carbonyl (C=O) groups excluding carboxylic acids is 2. The van der Waals surface area contributed by atoms with Crippen molar-refractivity contribution < 1.29 is 19.1 Å². The Kier molecular flexibility index (Phi) is 6.78. The summed E-state index contributed by atoms with van der Waals surface area (Å²) < 4.78 is 10.8. The van der Waals surface area contributed by atoms with Gasteiger partial charge < -0.3 is 14.8 Å². The summed E-state index contributed by atoms with van der Waals surface area (Å²) >= 11 is 0. The number of benzene rings is 2. The summed E-state index contributed by atoms with van der Waals surface area (Å²) in [5.74, 6) is -0.336. The van der Waals surface area contributed by atoms with Crippen LogP contribution in [-0.4, -0.2) is 24.1 Å². The van der Waals surface area contributed by atoms with Gasteiger partial charge in [0.05, 0.1) is 0 Å². The van der Waals surface area contributed by atoms with E-state index in [1.54, 1.807) is 19.9 Å². The normalized spacial score (nSPS) is 12.8. The molecule has 2 aromatic rings. The van der Waals surface area contributed by atoms with Crippen LogP contribution in [0.5, 0.6) is 5.75 Å². The van der Waals surface area contributed by atoms with Crippen LogP contribution in [-0.2, 0) is 20.9 Å². The third-order valence-corrected chi connectivity index (χ3v) is 3.88. The molecule has 2 atom stereocenters. The highest BCUT2D eigenvalue weighted by Crippen LogP contribution is 2.15. The average Bonchev–Trinajstić information content (AvgIpc) is 2.60. The quantitative estimate of drug-likeness (QED) is 0.774. The molecule has 0 aromatic heterocycles. The molecule has 0 bridgehead atoms. The number of esters is 1. The third-order valence-electron chi connectivity index (χ3n) is 3.88. The zero-order valence-corrected chi connectivity index (χ0v) is 15.6. The van der Waals surface area contributed by atoms with Crippen molar-refractivity contribution in [3.63, 3.8) is 0 Å². The minimum Gasteiger partial charge on any atom is -0.479 e. The number of amides is 1. The summed E-state index contributed by atoms with van der Waals surface area (Å²) in [6, 6.07) is 15.3. The van der Waals surface area contributed by atoms with E-state index in [1.807, 2.05) is 56.3 Å². The van der Waals surface area contributed by atoms with Crippen molar-refractivity contribution in [2.75, 3.05) is 0 Å². The molecule has 0 fully saturated rings. The lowest BCUT2D eigenvalue weighted by Gasteiger charge is -2.18. The molecule has 1 amide bonds. The van der Waals surface area contributed by atoms with E-state index in [9.17, 15) is 9.59 Å². The van der Waals surface area contributed by atoms with Gasteiger partial charge in [0.15, 0.2) is 12.2 Å². The van der Waals surface area contributed by atoms with Gasteiger partial charge in [-0.2, -0.15) is 0 Å². The molecule has 0 heterocycles. The summed E-state index contributed by atoms with van der Waals surface area (Å²) in [5, 5.41) is 2.76. The highest BCUT2D eigenvalue weighted by Gasteiger charge is 2.23. The molecule has 1 N–H and O–H groups in total. The molecule has 0 radical (unpaired) electrons. The molecular formula is C21H25NO4. The Bertz CT molecular complexity index is 755. The Morgan fingerprint density at radius 3 is 2.31 bits per heavy atom. The maximum absolute atomic E-state index is 12.1. The Morgan fingerprint density at radius 2 is 1.65 bits per heavy atom. The Morgan fingerprint density at radius 1 is 0.962 bits per heavy atom. The van der Waals surface area contributed by atoms with E-state index < -0.39 is 18.2 Å². The fourth-order valence-electron chi connectivity index (χ4n) is 2.30. The Labute approximate surface area is 154 Å². The molecule has 5 heteroatoms. The van der Waals surface area contributed by atoms with Crippen LogP contribution in [0.2, 0.25) is 0 Å². The Hall–Kier alpha value is -2.82. The number of hydrogen-bond donors (Lipinski definition) is 1. The molecule has 0 saturated carbocycles. The predicted molar refractivity (Wildman–Crippen MR) is 99.8 cm³/mol. The van der Waals surface area contributed by atoms with Crippen molar-refractivity contribution in [3.05, 3.63) is 65.2 Å². The van der Waals surface area contributed by atoms with Gasteiger partial charge in [-0.3, -0.25) is 4.79 Å². The molecule has 0 saturated heterocycles. The monoisotopic (exact) mass is 355 g/mol. The lowest BCUT2D eigenvalue weighted by Crippen LogP contribution is -2.38. The summed E-state index contributed by atoms with van der Waals surface area (Å²) in [4.78, 5) is 24.2. The van der Waals surface area contributed by atoms with Gasteiger partial charge in [0, 0.05) is 6.54 Å². The van der Waals surface area contributed by atoms with Crippen LogP contribution < -0.4 is 10.1 Å². The van der Waals surface area contributed by atoms with Gasteiger partial charge in [-0.25, -0.2) is 4.79 Å². The van der Waals surface area contributed by atoms with Gasteiger partial charge in [0.25, 0.3) is 5.91 Å². The maximum Gasteiger partial charge on any atom is 0.347 e. The minimum absolute atomic E-state index is 0.346. The molecule has 2 rings (SSSR count). The van der Waals surface area contributed by atoms with E-state index in [0.29, 0.717) is 12.3 Å². The van der Waals surface area contributed by atoms with Crippen molar-refractivity contribution in [1.29, 1.82) is 0 Å². The second-order valence-electron chi connectivity index (χ2n) is 6.36. The molecule has 0 spiro atoms. The van der Waals surface area contributed by atoms with Crippen LogP contribution in [0.3, 0.4) is 0 Å². The van der Waals surface area contributed by atoms with E-state index in [1.165, 1.54) is 0 Å². The summed E-state index contributed by atoms with van der Waals surface area (Å²) in [6.45, 7) is 7.47. The maximum atomic E-state index is 12.1. The van der Waals surface area contributed by atoms with Gasteiger partial charge in [-0.15, -0.1) is 0 Å². The lowest BCUT2D eigenvalue weighted by atomic mass is 10.1. The number of carbonyl (C=O) groups is 2. The second kappa shape index (κ2) is 9.04. The van der Waals surface area contributed by atoms with Crippen LogP contribution in [0.4, 0.5) is 0 Å². The molecule has 26 heavy (non-hydrogen) atoms. The fraction of sp³-hybridized carbons (Fsp3) is 0.333. The van der Waals surface area contributed by atoms with Crippen LogP contribution in [0.25, 0.3) is 0 Å².